The van der Waals surface area contributed by atoms with Gasteiger partial charge in [-0.05, 0) is 23.8 Å². The number of hydrazine groups is 1. The number of nitrogens with two attached hydrogens (primary N) is 1. The summed E-state index contributed by atoms with van der Waals surface area (Å²) in [5, 5.41) is 11.4. The van der Waals surface area contributed by atoms with Crippen LogP contribution in [-0.2, 0) is 6.54 Å². The average Bonchev–Trinajstić information content (AvgIpc) is 2.53. The van der Waals surface area contributed by atoms with Crippen molar-refractivity contribution in [3.63, 3.8) is 0 Å². The standard InChI is InChI=1S/C14H12FN5O/c15-12-11(4-5-18-13(12)20-17)14(21)19-8-10-3-1-2-9(6-10)7-16/h1-6H,8,17H2,(H,18,20)(H,19,21). The van der Waals surface area contributed by atoms with Gasteiger partial charge in [0.15, 0.2) is 11.6 Å². The molecule has 0 bridgehead atoms. The molecule has 0 unspecified atom stereocenters. The number of nitrogen functional groups attached to an aromatic ring is 1. The van der Waals surface area contributed by atoms with Crippen molar-refractivity contribution >= 4 is 11.7 Å². The molecule has 2 aromatic rings. The van der Waals surface area contributed by atoms with E-state index >= 15 is 0 Å². The highest BCUT2D eigenvalue weighted by Crippen LogP contribution is 2.14. The lowest BCUT2D eigenvalue weighted by Crippen LogP contribution is -2.25. The predicted octanol–water partition coefficient (Wildman–Crippen LogP) is 1.31. The van der Waals surface area contributed by atoms with Crippen molar-refractivity contribution in [2.24, 2.45) is 5.84 Å². The number of amides is 1. The fourth-order valence-corrected chi connectivity index (χ4v) is 1.75. The van der Waals surface area contributed by atoms with Gasteiger partial charge >= 0.3 is 0 Å². The van der Waals surface area contributed by atoms with Crippen LogP contribution in [0, 0.1) is 17.1 Å². The molecule has 0 aliphatic rings. The Balaban J connectivity index is 2.10. The third-order valence-corrected chi connectivity index (χ3v) is 2.78. The maximum absolute atomic E-state index is 13.9. The molecule has 106 valence electrons. The Kier molecular flexibility index (Phi) is 4.43. The van der Waals surface area contributed by atoms with E-state index in [1.54, 1.807) is 24.3 Å². The smallest absolute Gasteiger partial charge is 0.254 e. The van der Waals surface area contributed by atoms with Gasteiger partial charge in [0.1, 0.15) is 0 Å². The summed E-state index contributed by atoms with van der Waals surface area (Å²) in [5.41, 5.74) is 3.16. The van der Waals surface area contributed by atoms with Crippen LogP contribution < -0.4 is 16.6 Å². The first-order valence-corrected chi connectivity index (χ1v) is 6.04. The minimum atomic E-state index is -0.816. The number of carbonyl (C=O) groups is 1. The number of anilines is 1. The monoisotopic (exact) mass is 285 g/mol. The highest BCUT2D eigenvalue weighted by molar-refractivity contribution is 5.95. The van der Waals surface area contributed by atoms with Crippen LogP contribution >= 0.6 is 0 Å². The number of hydrogen-bond donors (Lipinski definition) is 3. The molecule has 4 N–H and O–H groups in total. The highest BCUT2D eigenvalue weighted by atomic mass is 19.1. The van der Waals surface area contributed by atoms with Crippen molar-refractivity contribution in [2.45, 2.75) is 6.54 Å². The van der Waals surface area contributed by atoms with Gasteiger partial charge in [0.25, 0.3) is 5.91 Å². The van der Waals surface area contributed by atoms with Gasteiger partial charge in [-0.25, -0.2) is 15.2 Å². The van der Waals surface area contributed by atoms with E-state index in [0.29, 0.717) is 5.56 Å². The molecule has 1 aromatic carbocycles. The van der Waals surface area contributed by atoms with E-state index in [2.05, 4.69) is 15.7 Å². The highest BCUT2D eigenvalue weighted by Gasteiger charge is 2.15. The molecule has 7 heteroatoms. The molecule has 1 amide bonds. The second-order valence-electron chi connectivity index (χ2n) is 4.16. The summed E-state index contributed by atoms with van der Waals surface area (Å²) in [6.07, 6.45) is 1.28. The Labute approximate surface area is 120 Å². The van der Waals surface area contributed by atoms with Crippen LogP contribution in [0.1, 0.15) is 21.5 Å². The van der Waals surface area contributed by atoms with Crippen molar-refractivity contribution in [3.05, 3.63) is 59.0 Å². The van der Waals surface area contributed by atoms with Gasteiger partial charge in [0, 0.05) is 12.7 Å². The van der Waals surface area contributed by atoms with E-state index in [0.717, 1.165) is 5.56 Å². The number of pyridine rings is 1. The number of halogens is 1. The van der Waals surface area contributed by atoms with Crippen molar-refractivity contribution in [1.29, 1.82) is 5.26 Å². The number of rotatable bonds is 4. The normalized spacial score (nSPS) is 9.76. The lowest BCUT2D eigenvalue weighted by atomic mass is 10.1. The fourth-order valence-electron chi connectivity index (χ4n) is 1.75. The Morgan fingerprint density at radius 2 is 2.24 bits per heavy atom. The summed E-state index contributed by atoms with van der Waals surface area (Å²) in [6.45, 7) is 0.182. The van der Waals surface area contributed by atoms with Crippen molar-refractivity contribution in [1.82, 2.24) is 10.3 Å². The summed E-state index contributed by atoms with van der Waals surface area (Å²) < 4.78 is 13.9. The Hall–Kier alpha value is -2.98. The summed E-state index contributed by atoms with van der Waals surface area (Å²) in [5.74, 6) is 3.50. The number of hydrogen-bond acceptors (Lipinski definition) is 5. The van der Waals surface area contributed by atoms with Gasteiger partial charge in [-0.1, -0.05) is 12.1 Å². The SMILES string of the molecule is N#Cc1cccc(CNC(=O)c2ccnc(NN)c2F)c1. The minimum absolute atomic E-state index is 0.158. The van der Waals surface area contributed by atoms with Crippen molar-refractivity contribution in [2.75, 3.05) is 5.43 Å². The Bertz CT molecular complexity index is 711. The molecule has 21 heavy (non-hydrogen) atoms. The summed E-state index contributed by atoms with van der Waals surface area (Å²) in [6, 6.07) is 10.1. The summed E-state index contributed by atoms with van der Waals surface area (Å²) in [7, 11) is 0. The Morgan fingerprint density at radius 3 is 2.95 bits per heavy atom. The molecule has 6 nitrogen and oxygen atoms in total. The van der Waals surface area contributed by atoms with Crippen molar-refractivity contribution in [3.8, 4) is 6.07 Å². The molecule has 2 rings (SSSR count). The van der Waals surface area contributed by atoms with E-state index in [9.17, 15) is 9.18 Å². The zero-order chi connectivity index (χ0) is 15.2. The van der Waals surface area contributed by atoms with Crippen LogP contribution in [0.15, 0.2) is 36.5 Å². The lowest BCUT2D eigenvalue weighted by Gasteiger charge is -2.08. The number of carbonyl (C=O) groups excluding carboxylic acids is 1. The zero-order valence-corrected chi connectivity index (χ0v) is 10.9. The topological polar surface area (TPSA) is 104 Å². The quantitative estimate of drug-likeness (QED) is 0.580. The second-order valence-corrected chi connectivity index (χ2v) is 4.16. The first kappa shape index (κ1) is 14.4. The van der Waals surface area contributed by atoms with Gasteiger partial charge in [-0.2, -0.15) is 5.26 Å². The van der Waals surface area contributed by atoms with Gasteiger partial charge in [-0.15, -0.1) is 0 Å². The van der Waals surface area contributed by atoms with E-state index in [-0.39, 0.29) is 17.9 Å². The minimum Gasteiger partial charge on any atom is -0.348 e. The zero-order valence-electron chi connectivity index (χ0n) is 10.9. The molecule has 0 aliphatic heterocycles. The van der Waals surface area contributed by atoms with Crippen LogP contribution in [-0.4, -0.2) is 10.9 Å². The number of nitriles is 1. The molecule has 0 aliphatic carbocycles. The molecule has 0 atom stereocenters. The van der Waals surface area contributed by atoms with Gasteiger partial charge < -0.3 is 10.7 Å². The number of benzene rings is 1. The third-order valence-electron chi connectivity index (χ3n) is 2.78. The maximum atomic E-state index is 13.9. The average molecular weight is 285 g/mol. The summed E-state index contributed by atoms with van der Waals surface area (Å²) >= 11 is 0. The maximum Gasteiger partial charge on any atom is 0.254 e. The van der Waals surface area contributed by atoms with Crippen LogP contribution in [0.5, 0.6) is 0 Å². The molecule has 1 heterocycles. The first-order chi connectivity index (χ1) is 10.2. The molecule has 0 spiro atoms. The molecule has 0 saturated heterocycles. The van der Waals surface area contributed by atoms with Crippen LogP contribution in [0.25, 0.3) is 0 Å². The van der Waals surface area contributed by atoms with Crippen LogP contribution in [0.2, 0.25) is 0 Å². The Morgan fingerprint density at radius 1 is 1.43 bits per heavy atom. The fraction of sp³-hybridized carbons (Fsp3) is 0.0714. The molecule has 0 saturated carbocycles. The largest absolute Gasteiger partial charge is 0.348 e. The van der Waals surface area contributed by atoms with Gasteiger partial charge in [0.2, 0.25) is 0 Å². The van der Waals surface area contributed by atoms with Crippen LogP contribution in [0.4, 0.5) is 10.2 Å². The van der Waals surface area contributed by atoms with E-state index < -0.39 is 11.7 Å². The summed E-state index contributed by atoms with van der Waals surface area (Å²) in [4.78, 5) is 15.6. The van der Waals surface area contributed by atoms with E-state index in [4.69, 9.17) is 11.1 Å². The first-order valence-electron chi connectivity index (χ1n) is 6.04. The lowest BCUT2D eigenvalue weighted by molar-refractivity contribution is 0.0947. The molecule has 0 radical (unpaired) electrons. The predicted molar refractivity (Wildman–Crippen MR) is 74.3 cm³/mol. The third kappa shape index (κ3) is 3.32. The second kappa shape index (κ2) is 6.45. The number of aromatic nitrogens is 1. The van der Waals surface area contributed by atoms with Crippen molar-refractivity contribution < 1.29 is 9.18 Å². The van der Waals surface area contributed by atoms with Gasteiger partial charge in [-0.3, -0.25) is 4.79 Å². The molecule has 0 fully saturated rings. The molecular formula is C14H12FN5O. The molecular weight excluding hydrogens is 273 g/mol. The number of nitrogens with zero attached hydrogens (tertiary/aromatic N) is 2. The van der Waals surface area contributed by atoms with Crippen LogP contribution in [0.3, 0.4) is 0 Å². The number of nitrogens with one attached hydrogen (secondary N) is 2. The molecule has 1 aromatic heterocycles. The van der Waals surface area contributed by atoms with Gasteiger partial charge in [0.05, 0.1) is 17.2 Å². The van der Waals surface area contributed by atoms with E-state index in [1.165, 1.54) is 12.3 Å². The van der Waals surface area contributed by atoms with E-state index in [1.807, 2.05) is 6.07 Å².